The molecule has 0 aromatic rings. The van der Waals surface area contributed by atoms with E-state index in [4.69, 9.17) is 14.2 Å². The highest BCUT2D eigenvalue weighted by atomic mass is 16.6. The Labute approximate surface area is 374 Å². The first kappa shape index (κ1) is 58.4. The van der Waals surface area contributed by atoms with Crippen molar-refractivity contribution >= 4 is 17.9 Å². The quantitative estimate of drug-likeness (QED) is 0.0345. The first-order valence-corrected chi connectivity index (χ1v) is 26.8. The van der Waals surface area contributed by atoms with Gasteiger partial charge in [-0.3, -0.25) is 14.4 Å². The number of rotatable bonds is 48. The molecule has 0 aliphatic carbocycles. The van der Waals surface area contributed by atoms with Gasteiger partial charge in [0, 0.05) is 19.3 Å². The average Bonchev–Trinajstić information content (AvgIpc) is 3.23. The summed E-state index contributed by atoms with van der Waals surface area (Å²) in [5.41, 5.74) is 0. The summed E-state index contributed by atoms with van der Waals surface area (Å²) in [5, 5.41) is 0. The van der Waals surface area contributed by atoms with E-state index >= 15 is 0 Å². The lowest BCUT2D eigenvalue weighted by atomic mass is 9.99. The number of carbonyl (C=O) groups excluding carboxylic acids is 3. The molecule has 2 atom stereocenters. The van der Waals surface area contributed by atoms with Crippen LogP contribution in [0, 0.1) is 11.8 Å². The zero-order valence-corrected chi connectivity index (χ0v) is 41.1. The number of hydrogen-bond acceptors (Lipinski definition) is 6. The van der Waals surface area contributed by atoms with Gasteiger partial charge in [0.2, 0.25) is 0 Å². The number of ether oxygens (including phenoxy) is 3. The molecule has 0 saturated carbocycles. The van der Waals surface area contributed by atoms with E-state index in [1.165, 1.54) is 186 Å². The molecule has 0 fully saturated rings. The second-order valence-electron chi connectivity index (χ2n) is 19.2. The molecule has 0 rings (SSSR count). The molecule has 0 aliphatic rings. The van der Waals surface area contributed by atoms with Crippen molar-refractivity contribution in [3.8, 4) is 0 Å². The van der Waals surface area contributed by atoms with Gasteiger partial charge in [-0.1, -0.05) is 259 Å². The van der Waals surface area contributed by atoms with Gasteiger partial charge in [0.25, 0.3) is 0 Å². The van der Waals surface area contributed by atoms with E-state index in [1.54, 1.807) is 0 Å². The van der Waals surface area contributed by atoms with Crippen LogP contribution in [0.4, 0.5) is 0 Å². The van der Waals surface area contributed by atoms with Gasteiger partial charge >= 0.3 is 17.9 Å². The Kier molecular flexibility index (Phi) is 45.7. The van der Waals surface area contributed by atoms with Gasteiger partial charge < -0.3 is 14.2 Å². The standard InChI is InChI=1S/C54H104O6/c1-6-8-9-10-11-12-13-18-24-29-34-39-44-52(55)58-47-51(60-54(57)46-41-36-31-26-21-20-23-28-33-38-43-50(5)7-2)48-59-53(56)45-40-35-30-25-19-16-14-15-17-22-27-32-37-42-49(3)4/h49-51H,6-48H2,1-5H3/t50?,51-/m0/s1. The van der Waals surface area contributed by atoms with Crippen LogP contribution in [0.5, 0.6) is 0 Å². The van der Waals surface area contributed by atoms with E-state index in [-0.39, 0.29) is 31.1 Å². The van der Waals surface area contributed by atoms with Crippen molar-refractivity contribution in [3.63, 3.8) is 0 Å². The first-order valence-electron chi connectivity index (χ1n) is 26.8. The van der Waals surface area contributed by atoms with Crippen LogP contribution in [-0.2, 0) is 28.6 Å². The second kappa shape index (κ2) is 46.9. The molecule has 6 nitrogen and oxygen atoms in total. The van der Waals surface area contributed by atoms with Crippen molar-refractivity contribution in [2.24, 2.45) is 11.8 Å². The molecule has 0 bridgehead atoms. The third-order valence-electron chi connectivity index (χ3n) is 12.6. The van der Waals surface area contributed by atoms with E-state index in [0.29, 0.717) is 19.3 Å². The maximum Gasteiger partial charge on any atom is 0.306 e. The summed E-state index contributed by atoms with van der Waals surface area (Å²) in [5.74, 6) is 0.861. The third kappa shape index (κ3) is 45.9. The van der Waals surface area contributed by atoms with Crippen LogP contribution in [0.25, 0.3) is 0 Å². The van der Waals surface area contributed by atoms with Gasteiger partial charge in [-0.05, 0) is 31.1 Å². The van der Waals surface area contributed by atoms with Crippen molar-refractivity contribution in [2.45, 2.75) is 304 Å². The van der Waals surface area contributed by atoms with Crippen LogP contribution in [0.2, 0.25) is 0 Å². The van der Waals surface area contributed by atoms with E-state index in [0.717, 1.165) is 69.6 Å². The predicted molar refractivity (Wildman–Crippen MR) is 256 cm³/mol. The fraction of sp³-hybridized carbons (Fsp3) is 0.944. The summed E-state index contributed by atoms with van der Waals surface area (Å²) in [6.45, 7) is 11.4. The van der Waals surface area contributed by atoms with Gasteiger partial charge in [0.15, 0.2) is 6.10 Å². The Balaban J connectivity index is 4.31. The molecule has 0 saturated heterocycles. The minimum absolute atomic E-state index is 0.0635. The third-order valence-corrected chi connectivity index (χ3v) is 12.6. The number of hydrogen-bond donors (Lipinski definition) is 0. The Bertz CT molecular complexity index is 918. The summed E-state index contributed by atoms with van der Waals surface area (Å²) >= 11 is 0. The molecular weight excluding hydrogens is 745 g/mol. The maximum atomic E-state index is 12.8. The van der Waals surface area contributed by atoms with Crippen molar-refractivity contribution in [1.82, 2.24) is 0 Å². The lowest BCUT2D eigenvalue weighted by Crippen LogP contribution is -2.30. The van der Waals surface area contributed by atoms with Gasteiger partial charge in [0.1, 0.15) is 13.2 Å². The van der Waals surface area contributed by atoms with E-state index in [9.17, 15) is 14.4 Å². The highest BCUT2D eigenvalue weighted by Crippen LogP contribution is 2.18. The van der Waals surface area contributed by atoms with E-state index in [1.807, 2.05) is 0 Å². The number of unbranched alkanes of at least 4 members (excludes halogenated alkanes) is 32. The van der Waals surface area contributed by atoms with E-state index in [2.05, 4.69) is 34.6 Å². The monoisotopic (exact) mass is 849 g/mol. The zero-order chi connectivity index (χ0) is 44.0. The van der Waals surface area contributed by atoms with Crippen LogP contribution >= 0.6 is 0 Å². The summed E-state index contributed by atoms with van der Waals surface area (Å²) < 4.78 is 16.8. The Morgan fingerprint density at radius 1 is 0.350 bits per heavy atom. The van der Waals surface area contributed by atoms with Crippen molar-refractivity contribution in [1.29, 1.82) is 0 Å². The fourth-order valence-corrected chi connectivity index (χ4v) is 8.13. The maximum absolute atomic E-state index is 12.8. The lowest BCUT2D eigenvalue weighted by molar-refractivity contribution is -0.167. The molecule has 6 heteroatoms. The molecule has 0 spiro atoms. The van der Waals surface area contributed by atoms with Gasteiger partial charge in [-0.15, -0.1) is 0 Å². The predicted octanol–water partition coefficient (Wildman–Crippen LogP) is 17.3. The summed E-state index contributed by atoms with van der Waals surface area (Å²) in [7, 11) is 0. The Morgan fingerprint density at radius 3 is 0.950 bits per heavy atom. The molecule has 356 valence electrons. The van der Waals surface area contributed by atoms with Crippen molar-refractivity contribution < 1.29 is 28.6 Å². The first-order chi connectivity index (χ1) is 29.3. The topological polar surface area (TPSA) is 78.9 Å². The molecule has 0 aromatic heterocycles. The molecule has 0 aliphatic heterocycles. The van der Waals surface area contributed by atoms with Crippen LogP contribution in [-0.4, -0.2) is 37.2 Å². The molecule has 0 radical (unpaired) electrons. The zero-order valence-electron chi connectivity index (χ0n) is 41.1. The normalized spacial score (nSPS) is 12.5. The molecular formula is C54H104O6. The van der Waals surface area contributed by atoms with Crippen LogP contribution in [0.15, 0.2) is 0 Å². The highest BCUT2D eigenvalue weighted by molar-refractivity contribution is 5.71. The minimum atomic E-state index is -0.762. The number of carbonyl (C=O) groups is 3. The lowest BCUT2D eigenvalue weighted by Gasteiger charge is -2.18. The summed E-state index contributed by atoms with van der Waals surface area (Å²) in [4.78, 5) is 38.0. The van der Waals surface area contributed by atoms with Crippen LogP contribution in [0.1, 0.15) is 298 Å². The Morgan fingerprint density at radius 2 is 0.633 bits per heavy atom. The largest absolute Gasteiger partial charge is 0.462 e. The van der Waals surface area contributed by atoms with Crippen LogP contribution < -0.4 is 0 Å². The molecule has 0 heterocycles. The minimum Gasteiger partial charge on any atom is -0.462 e. The Hall–Kier alpha value is -1.59. The fourth-order valence-electron chi connectivity index (χ4n) is 8.13. The van der Waals surface area contributed by atoms with Gasteiger partial charge in [-0.2, -0.15) is 0 Å². The van der Waals surface area contributed by atoms with E-state index < -0.39 is 6.10 Å². The second-order valence-corrected chi connectivity index (χ2v) is 19.2. The van der Waals surface area contributed by atoms with Gasteiger partial charge in [-0.25, -0.2) is 0 Å². The van der Waals surface area contributed by atoms with Crippen molar-refractivity contribution in [3.05, 3.63) is 0 Å². The summed E-state index contributed by atoms with van der Waals surface area (Å²) in [6.07, 6.45) is 47.9. The molecule has 1 unspecified atom stereocenters. The highest BCUT2D eigenvalue weighted by Gasteiger charge is 2.19. The molecule has 0 amide bonds. The van der Waals surface area contributed by atoms with Gasteiger partial charge in [0.05, 0.1) is 0 Å². The summed E-state index contributed by atoms with van der Waals surface area (Å²) in [6, 6.07) is 0. The van der Waals surface area contributed by atoms with Crippen LogP contribution in [0.3, 0.4) is 0 Å². The van der Waals surface area contributed by atoms with Crippen molar-refractivity contribution in [2.75, 3.05) is 13.2 Å². The average molecular weight is 849 g/mol. The molecule has 0 aromatic carbocycles. The smallest absolute Gasteiger partial charge is 0.306 e. The number of esters is 3. The molecule has 0 N–H and O–H groups in total. The SMILES string of the molecule is CCCCCCCCCCCCCCC(=O)OC[C@@H](COC(=O)CCCCCCCCCCCCCCCC(C)C)OC(=O)CCCCCCCCCCCCC(C)CC. The molecule has 60 heavy (non-hydrogen) atoms.